The molecule has 5 N–H and O–H groups in total. The molecule has 1 amide bonds. The van der Waals surface area contributed by atoms with Crippen LogP contribution in [0.4, 0.5) is 11.8 Å². The monoisotopic (exact) mass is 463 g/mol. The van der Waals surface area contributed by atoms with Gasteiger partial charge in [-0.2, -0.15) is 4.98 Å². The first-order chi connectivity index (χ1) is 16.3. The predicted molar refractivity (Wildman–Crippen MR) is 135 cm³/mol. The van der Waals surface area contributed by atoms with Crippen molar-refractivity contribution in [3.05, 3.63) is 53.6 Å². The number of likely N-dealkylation sites (N-methyl/N-ethyl adjacent to an activating group) is 1. The number of fused-ring (bicyclic) bond motifs is 1. The zero-order valence-corrected chi connectivity index (χ0v) is 20.0. The number of benzene rings is 2. The summed E-state index contributed by atoms with van der Waals surface area (Å²) in [6.45, 7) is 7.61. The first-order valence-corrected chi connectivity index (χ1v) is 11.6. The number of anilines is 2. The maximum absolute atomic E-state index is 12.9. The van der Waals surface area contributed by atoms with Crippen LogP contribution in [0.15, 0.2) is 42.5 Å². The van der Waals surface area contributed by atoms with E-state index in [1.807, 2.05) is 44.2 Å². The van der Waals surface area contributed by atoms with Crippen LogP contribution in [0.5, 0.6) is 5.75 Å². The van der Waals surface area contributed by atoms with E-state index in [1.54, 1.807) is 12.1 Å². The summed E-state index contributed by atoms with van der Waals surface area (Å²) in [7, 11) is 2.11. The summed E-state index contributed by atoms with van der Waals surface area (Å²) < 4.78 is 5.67. The van der Waals surface area contributed by atoms with Crippen molar-refractivity contribution in [2.24, 2.45) is 5.73 Å². The topological polar surface area (TPSA) is 123 Å². The van der Waals surface area contributed by atoms with E-state index in [0.29, 0.717) is 17.5 Å². The Bertz CT molecular complexity index is 1140. The SMILES string of the molecule is CC(C)Oc1ccc(C[C@@H](N)NC(=O)c2ccc3c(N4CCN(C)CC4)nc(N)nc3c2)cc1. The molecule has 1 saturated heterocycles. The molecule has 0 unspecified atom stereocenters. The highest BCUT2D eigenvalue weighted by atomic mass is 16.5. The van der Waals surface area contributed by atoms with Gasteiger partial charge in [-0.15, -0.1) is 0 Å². The van der Waals surface area contributed by atoms with Crippen LogP contribution in [0.3, 0.4) is 0 Å². The number of nitrogens with two attached hydrogens (primary N) is 2. The molecule has 180 valence electrons. The molecule has 0 saturated carbocycles. The van der Waals surface area contributed by atoms with Gasteiger partial charge in [0.2, 0.25) is 5.95 Å². The standard InChI is InChI=1S/C25H33N7O2/c1-16(2)34-19-7-4-17(5-8-19)14-22(26)29-24(33)18-6-9-20-21(15-18)28-25(27)30-23(20)32-12-10-31(3)11-13-32/h4-9,15-16,22H,10-14,26H2,1-3H3,(H,29,33)(H2,27,28,30)/t22-/m0/s1. The molecule has 1 fully saturated rings. The van der Waals surface area contributed by atoms with Crippen LogP contribution in [0.2, 0.25) is 0 Å². The molecule has 0 bridgehead atoms. The van der Waals surface area contributed by atoms with E-state index in [4.69, 9.17) is 16.2 Å². The molecule has 9 heteroatoms. The maximum Gasteiger partial charge on any atom is 0.252 e. The third kappa shape index (κ3) is 5.73. The second-order valence-electron chi connectivity index (χ2n) is 9.02. The van der Waals surface area contributed by atoms with Crippen molar-refractivity contribution in [3.8, 4) is 5.75 Å². The fourth-order valence-corrected chi connectivity index (χ4v) is 4.06. The average molecular weight is 464 g/mol. The van der Waals surface area contributed by atoms with Gasteiger partial charge in [0.05, 0.1) is 17.8 Å². The summed E-state index contributed by atoms with van der Waals surface area (Å²) in [6.07, 6.45) is 0.0910. The van der Waals surface area contributed by atoms with Crippen molar-refractivity contribution in [2.75, 3.05) is 43.9 Å². The largest absolute Gasteiger partial charge is 0.491 e. The zero-order valence-electron chi connectivity index (χ0n) is 20.0. The number of nitrogens with zero attached hydrogens (tertiary/aromatic N) is 4. The summed E-state index contributed by atoms with van der Waals surface area (Å²) in [4.78, 5) is 26.2. The third-order valence-electron chi connectivity index (χ3n) is 5.83. The lowest BCUT2D eigenvalue weighted by Crippen LogP contribution is -2.45. The van der Waals surface area contributed by atoms with Gasteiger partial charge in [0, 0.05) is 43.5 Å². The molecule has 0 aliphatic carbocycles. The molecule has 2 aromatic carbocycles. The van der Waals surface area contributed by atoms with E-state index >= 15 is 0 Å². The highest BCUT2D eigenvalue weighted by molar-refractivity contribution is 6.00. The van der Waals surface area contributed by atoms with Crippen LogP contribution >= 0.6 is 0 Å². The number of ether oxygens (including phenoxy) is 1. The van der Waals surface area contributed by atoms with Crippen LogP contribution in [0, 0.1) is 0 Å². The van der Waals surface area contributed by atoms with E-state index in [2.05, 4.69) is 32.1 Å². The Morgan fingerprint density at radius 1 is 1.09 bits per heavy atom. The van der Waals surface area contributed by atoms with Gasteiger partial charge in [-0.25, -0.2) is 4.98 Å². The van der Waals surface area contributed by atoms with Crippen molar-refractivity contribution in [2.45, 2.75) is 32.5 Å². The van der Waals surface area contributed by atoms with Gasteiger partial charge in [-0.3, -0.25) is 4.79 Å². The van der Waals surface area contributed by atoms with Gasteiger partial charge in [0.1, 0.15) is 11.6 Å². The number of nitrogens with one attached hydrogen (secondary N) is 1. The van der Waals surface area contributed by atoms with Crippen molar-refractivity contribution in [1.82, 2.24) is 20.2 Å². The molecule has 1 aliphatic rings. The molecule has 34 heavy (non-hydrogen) atoms. The Kier molecular flexibility index (Phi) is 7.14. The summed E-state index contributed by atoms with van der Waals surface area (Å²) in [5.74, 6) is 1.56. The Balaban J connectivity index is 1.45. The number of hydrogen-bond acceptors (Lipinski definition) is 8. The Morgan fingerprint density at radius 2 is 1.79 bits per heavy atom. The number of rotatable bonds is 7. The van der Waals surface area contributed by atoms with Gasteiger partial charge in [-0.1, -0.05) is 12.1 Å². The number of nitrogen functional groups attached to an aromatic ring is 1. The average Bonchev–Trinajstić information content (AvgIpc) is 2.79. The molecule has 1 aliphatic heterocycles. The lowest BCUT2D eigenvalue weighted by Gasteiger charge is -2.33. The lowest BCUT2D eigenvalue weighted by molar-refractivity contribution is 0.0938. The van der Waals surface area contributed by atoms with Gasteiger partial charge >= 0.3 is 0 Å². The van der Waals surface area contributed by atoms with Gasteiger partial charge < -0.3 is 31.3 Å². The van der Waals surface area contributed by atoms with Crippen LogP contribution in [0.1, 0.15) is 29.8 Å². The fourth-order valence-electron chi connectivity index (χ4n) is 4.06. The Labute approximate surface area is 200 Å². The second kappa shape index (κ2) is 10.2. The fraction of sp³-hybridized carbons (Fsp3) is 0.400. The number of amides is 1. The van der Waals surface area contributed by atoms with Crippen LogP contribution in [0.25, 0.3) is 10.9 Å². The van der Waals surface area contributed by atoms with Crippen LogP contribution in [-0.2, 0) is 6.42 Å². The Hall–Kier alpha value is -3.43. The molecular weight excluding hydrogens is 430 g/mol. The van der Waals surface area contributed by atoms with Gasteiger partial charge in [0.25, 0.3) is 5.91 Å². The highest BCUT2D eigenvalue weighted by Crippen LogP contribution is 2.26. The third-order valence-corrected chi connectivity index (χ3v) is 5.83. The van der Waals surface area contributed by atoms with E-state index in [0.717, 1.165) is 48.7 Å². The van der Waals surface area contributed by atoms with Crippen molar-refractivity contribution >= 4 is 28.6 Å². The molecule has 1 atom stereocenters. The second-order valence-corrected chi connectivity index (χ2v) is 9.02. The van der Waals surface area contributed by atoms with E-state index in [1.165, 1.54) is 0 Å². The molecule has 4 rings (SSSR count). The number of aromatic nitrogens is 2. The smallest absolute Gasteiger partial charge is 0.252 e. The molecule has 9 nitrogen and oxygen atoms in total. The Morgan fingerprint density at radius 3 is 2.47 bits per heavy atom. The number of carbonyl (C=O) groups is 1. The quantitative estimate of drug-likeness (QED) is 0.455. The minimum absolute atomic E-state index is 0.118. The molecule has 0 spiro atoms. The molecular formula is C25H33N7O2. The molecule has 0 radical (unpaired) electrons. The summed E-state index contributed by atoms with van der Waals surface area (Å²) >= 11 is 0. The highest BCUT2D eigenvalue weighted by Gasteiger charge is 2.20. The van der Waals surface area contributed by atoms with Crippen LogP contribution in [-0.4, -0.2) is 66.3 Å². The van der Waals surface area contributed by atoms with E-state index in [9.17, 15) is 4.79 Å². The molecule has 3 aromatic rings. The predicted octanol–water partition coefficient (Wildman–Crippen LogP) is 2.01. The van der Waals surface area contributed by atoms with E-state index in [-0.39, 0.29) is 18.0 Å². The van der Waals surface area contributed by atoms with Crippen molar-refractivity contribution in [3.63, 3.8) is 0 Å². The number of carbonyl (C=O) groups excluding carboxylic acids is 1. The zero-order chi connectivity index (χ0) is 24.2. The number of piperazine rings is 1. The minimum Gasteiger partial charge on any atom is -0.491 e. The number of hydrogen-bond donors (Lipinski definition) is 3. The van der Waals surface area contributed by atoms with Crippen molar-refractivity contribution < 1.29 is 9.53 Å². The van der Waals surface area contributed by atoms with Gasteiger partial charge in [0.15, 0.2) is 0 Å². The van der Waals surface area contributed by atoms with E-state index < -0.39 is 6.17 Å². The molecule has 1 aromatic heterocycles. The minimum atomic E-state index is -0.531. The van der Waals surface area contributed by atoms with Crippen molar-refractivity contribution in [1.29, 1.82) is 0 Å². The summed E-state index contributed by atoms with van der Waals surface area (Å²) in [5, 5.41) is 3.75. The van der Waals surface area contributed by atoms with Gasteiger partial charge in [-0.05, 0) is 56.8 Å². The first kappa shape index (κ1) is 23.7. The summed E-state index contributed by atoms with van der Waals surface area (Å²) in [6, 6.07) is 13.1. The maximum atomic E-state index is 12.9. The molecule has 2 heterocycles. The normalized spacial score (nSPS) is 15.5. The first-order valence-electron chi connectivity index (χ1n) is 11.6. The summed E-state index contributed by atoms with van der Waals surface area (Å²) in [5.41, 5.74) is 14.3. The van der Waals surface area contributed by atoms with Crippen LogP contribution < -0.4 is 26.4 Å². The lowest BCUT2D eigenvalue weighted by atomic mass is 10.1.